The van der Waals surface area contributed by atoms with Crippen LogP contribution in [0, 0.1) is 0 Å². The second kappa shape index (κ2) is 7.59. The van der Waals surface area contributed by atoms with Crippen LogP contribution < -0.4 is 5.32 Å². The molecule has 6 heteroatoms. The number of hydrogen-bond acceptors (Lipinski definition) is 4. The molecule has 0 saturated heterocycles. The minimum Gasteiger partial charge on any atom is -0.478 e. The lowest BCUT2D eigenvalue weighted by Gasteiger charge is -2.15. The Morgan fingerprint density at radius 2 is 1.55 bits per heavy atom. The van der Waals surface area contributed by atoms with Crippen molar-refractivity contribution in [1.29, 1.82) is 0 Å². The first-order chi connectivity index (χ1) is 14.1. The zero-order chi connectivity index (χ0) is 20.4. The molecule has 144 valence electrons. The normalized spacial score (nSPS) is 12.0. The molecule has 0 unspecified atom stereocenters. The van der Waals surface area contributed by atoms with Gasteiger partial charge >= 0.3 is 12.1 Å². The van der Waals surface area contributed by atoms with Crippen LogP contribution in [0.4, 0.5) is 10.5 Å². The van der Waals surface area contributed by atoms with Crippen molar-refractivity contribution in [2.24, 2.45) is 0 Å². The standard InChI is InChI=1S/C23H17NO5/c25-12-14-6-5-11-19(22(26)27)21(14)24-23(28)29-13-20-17-9-3-1-7-15(17)16-8-2-4-10-18(16)20/h1-12,20H,13H2,(H,24,28)(H,26,27). The smallest absolute Gasteiger partial charge is 0.411 e. The molecule has 3 aromatic rings. The zero-order valence-corrected chi connectivity index (χ0v) is 15.3. The summed E-state index contributed by atoms with van der Waals surface area (Å²) in [4.78, 5) is 35.0. The molecule has 0 aromatic heterocycles. The van der Waals surface area contributed by atoms with E-state index in [1.807, 2.05) is 48.5 Å². The van der Waals surface area contributed by atoms with Crippen molar-refractivity contribution in [2.75, 3.05) is 11.9 Å². The SMILES string of the molecule is O=Cc1cccc(C(=O)O)c1NC(=O)OCC1c2ccccc2-c2ccccc21. The summed E-state index contributed by atoms with van der Waals surface area (Å²) in [5.41, 5.74) is 4.17. The molecule has 2 N–H and O–H groups in total. The van der Waals surface area contributed by atoms with Crippen LogP contribution >= 0.6 is 0 Å². The van der Waals surface area contributed by atoms with Crippen LogP contribution in [0.3, 0.4) is 0 Å². The summed E-state index contributed by atoms with van der Waals surface area (Å²) in [6.07, 6.45) is -0.324. The highest BCUT2D eigenvalue weighted by Gasteiger charge is 2.29. The van der Waals surface area contributed by atoms with Crippen LogP contribution in [0.5, 0.6) is 0 Å². The molecule has 1 aliphatic carbocycles. The summed E-state index contributed by atoms with van der Waals surface area (Å²) in [6.45, 7) is 0.0888. The summed E-state index contributed by atoms with van der Waals surface area (Å²) >= 11 is 0. The maximum absolute atomic E-state index is 12.4. The first kappa shape index (κ1) is 18.4. The number of anilines is 1. The van der Waals surface area contributed by atoms with Crippen LogP contribution in [0.25, 0.3) is 11.1 Å². The van der Waals surface area contributed by atoms with Gasteiger partial charge in [-0.15, -0.1) is 0 Å². The topological polar surface area (TPSA) is 92.7 Å². The third kappa shape index (κ3) is 3.36. The van der Waals surface area contributed by atoms with E-state index in [0.29, 0.717) is 6.29 Å². The molecule has 0 bridgehead atoms. The summed E-state index contributed by atoms with van der Waals surface area (Å²) < 4.78 is 5.42. The Hall–Kier alpha value is -3.93. The summed E-state index contributed by atoms with van der Waals surface area (Å²) in [5.74, 6) is -1.36. The quantitative estimate of drug-likeness (QED) is 0.626. The maximum atomic E-state index is 12.4. The van der Waals surface area contributed by atoms with Crippen LogP contribution in [0.1, 0.15) is 37.8 Å². The lowest BCUT2D eigenvalue weighted by atomic mass is 9.98. The fraction of sp³-hybridized carbons (Fsp3) is 0.0870. The molecule has 4 rings (SSSR count). The van der Waals surface area contributed by atoms with Gasteiger partial charge < -0.3 is 9.84 Å². The Bertz CT molecular complexity index is 1080. The summed E-state index contributed by atoms with van der Waals surface area (Å²) in [5, 5.41) is 11.7. The number of fused-ring (bicyclic) bond motifs is 3. The van der Waals surface area contributed by atoms with E-state index < -0.39 is 12.1 Å². The lowest BCUT2D eigenvalue weighted by molar-refractivity contribution is 0.0698. The largest absolute Gasteiger partial charge is 0.478 e. The van der Waals surface area contributed by atoms with Crippen LogP contribution in [0.2, 0.25) is 0 Å². The number of rotatable bonds is 5. The number of carboxylic acids is 1. The Labute approximate surface area is 166 Å². The van der Waals surface area contributed by atoms with Crippen molar-refractivity contribution in [3.05, 3.63) is 89.0 Å². The summed E-state index contributed by atoms with van der Waals surface area (Å²) in [7, 11) is 0. The maximum Gasteiger partial charge on any atom is 0.411 e. The molecule has 3 aromatic carbocycles. The molecule has 0 atom stereocenters. The van der Waals surface area contributed by atoms with E-state index in [1.54, 1.807) is 0 Å². The second-order valence-electron chi connectivity index (χ2n) is 6.64. The summed E-state index contributed by atoms with van der Waals surface area (Å²) in [6, 6.07) is 20.1. The third-order valence-corrected chi connectivity index (χ3v) is 5.02. The molecule has 6 nitrogen and oxygen atoms in total. The van der Waals surface area contributed by atoms with E-state index in [2.05, 4.69) is 5.32 Å². The van der Waals surface area contributed by atoms with Crippen LogP contribution in [-0.2, 0) is 4.74 Å². The highest BCUT2D eigenvalue weighted by atomic mass is 16.5. The number of carboxylic acid groups (broad SMARTS) is 1. The minimum absolute atomic E-state index is 0.0680. The van der Waals surface area contributed by atoms with Crippen molar-refractivity contribution in [1.82, 2.24) is 0 Å². The minimum atomic E-state index is -1.25. The van der Waals surface area contributed by atoms with Gasteiger partial charge in [0.05, 0.1) is 11.3 Å². The number of ether oxygens (including phenoxy) is 1. The van der Waals surface area contributed by atoms with Gasteiger partial charge in [0.25, 0.3) is 0 Å². The van der Waals surface area contributed by atoms with Crippen molar-refractivity contribution in [2.45, 2.75) is 5.92 Å². The number of nitrogens with one attached hydrogen (secondary N) is 1. The average Bonchev–Trinajstić information content (AvgIpc) is 3.06. The zero-order valence-electron chi connectivity index (χ0n) is 15.3. The molecule has 1 amide bonds. The van der Waals surface area contributed by atoms with Crippen LogP contribution in [-0.4, -0.2) is 30.1 Å². The highest BCUT2D eigenvalue weighted by Crippen LogP contribution is 2.44. The number of hydrogen-bond donors (Lipinski definition) is 2. The van der Waals surface area contributed by atoms with Gasteiger partial charge in [0.2, 0.25) is 0 Å². The van der Waals surface area contributed by atoms with Gasteiger partial charge in [-0.2, -0.15) is 0 Å². The van der Waals surface area contributed by atoms with E-state index in [4.69, 9.17) is 4.74 Å². The first-order valence-electron chi connectivity index (χ1n) is 9.03. The molecular weight excluding hydrogens is 370 g/mol. The Kier molecular flexibility index (Phi) is 4.83. The molecule has 0 aliphatic heterocycles. The van der Waals surface area contributed by atoms with Gasteiger partial charge in [-0.25, -0.2) is 9.59 Å². The Morgan fingerprint density at radius 3 is 2.14 bits per heavy atom. The van der Waals surface area contributed by atoms with E-state index in [1.165, 1.54) is 18.2 Å². The van der Waals surface area contributed by atoms with Gasteiger partial charge in [-0.3, -0.25) is 10.1 Å². The van der Waals surface area contributed by atoms with Crippen molar-refractivity contribution < 1.29 is 24.2 Å². The first-order valence-corrected chi connectivity index (χ1v) is 9.03. The fourth-order valence-electron chi connectivity index (χ4n) is 3.72. The predicted octanol–water partition coefficient (Wildman–Crippen LogP) is 4.56. The number of carbonyl (C=O) groups excluding carboxylic acids is 2. The Morgan fingerprint density at radius 1 is 0.931 bits per heavy atom. The molecule has 0 fully saturated rings. The van der Waals surface area contributed by atoms with E-state index >= 15 is 0 Å². The third-order valence-electron chi connectivity index (χ3n) is 5.02. The van der Waals surface area contributed by atoms with Crippen molar-refractivity contribution >= 4 is 24.0 Å². The van der Waals surface area contributed by atoms with E-state index in [0.717, 1.165) is 22.3 Å². The Balaban J connectivity index is 1.55. The predicted molar refractivity (Wildman–Crippen MR) is 107 cm³/mol. The monoisotopic (exact) mass is 387 g/mol. The number of amides is 1. The van der Waals surface area contributed by atoms with Crippen LogP contribution in [0.15, 0.2) is 66.7 Å². The average molecular weight is 387 g/mol. The molecule has 29 heavy (non-hydrogen) atoms. The van der Waals surface area contributed by atoms with Crippen molar-refractivity contribution in [3.8, 4) is 11.1 Å². The fourth-order valence-corrected chi connectivity index (χ4v) is 3.72. The number of aldehydes is 1. The number of aromatic carboxylic acids is 1. The van der Waals surface area contributed by atoms with Crippen molar-refractivity contribution in [3.63, 3.8) is 0 Å². The van der Waals surface area contributed by atoms with E-state index in [9.17, 15) is 19.5 Å². The molecule has 0 spiro atoms. The number of carbonyl (C=O) groups is 3. The molecule has 0 radical (unpaired) electrons. The van der Waals surface area contributed by atoms with Gasteiger partial charge in [0.15, 0.2) is 6.29 Å². The highest BCUT2D eigenvalue weighted by molar-refractivity contribution is 6.04. The molecular formula is C23H17NO5. The lowest BCUT2D eigenvalue weighted by Crippen LogP contribution is -2.20. The molecule has 0 heterocycles. The van der Waals surface area contributed by atoms with Gasteiger partial charge in [0, 0.05) is 11.5 Å². The van der Waals surface area contributed by atoms with Gasteiger partial charge in [-0.1, -0.05) is 54.6 Å². The van der Waals surface area contributed by atoms with Gasteiger partial charge in [-0.05, 0) is 34.4 Å². The van der Waals surface area contributed by atoms with E-state index in [-0.39, 0.29) is 29.3 Å². The number of para-hydroxylation sites is 1. The second-order valence-corrected chi connectivity index (χ2v) is 6.64. The molecule has 0 saturated carbocycles. The van der Waals surface area contributed by atoms with Gasteiger partial charge in [0.1, 0.15) is 6.61 Å². The molecule has 1 aliphatic rings. The number of benzene rings is 3.